The van der Waals surface area contributed by atoms with Crippen LogP contribution in [0.5, 0.6) is 5.75 Å². The lowest BCUT2D eigenvalue weighted by molar-refractivity contribution is -0.136. The number of imidazole rings is 1. The third-order valence-corrected chi connectivity index (χ3v) is 11.5. The number of nitrogens with one attached hydrogen (secondary N) is 3. The van der Waals surface area contributed by atoms with Crippen molar-refractivity contribution in [2.75, 3.05) is 33.9 Å². The Kier molecular flexibility index (Phi) is 12.0. The van der Waals surface area contributed by atoms with Gasteiger partial charge in [0.15, 0.2) is 0 Å². The smallest absolute Gasteiger partial charge is 0.407 e. The molecule has 3 aliphatic rings. The van der Waals surface area contributed by atoms with E-state index in [-0.39, 0.29) is 29.8 Å². The predicted octanol–water partition coefficient (Wildman–Crippen LogP) is 5.69. The summed E-state index contributed by atoms with van der Waals surface area (Å²) in [5, 5.41) is 7.26. The van der Waals surface area contributed by atoms with Crippen molar-refractivity contribution >= 4 is 57.3 Å². The predicted molar refractivity (Wildman–Crippen MR) is 222 cm³/mol. The molecule has 59 heavy (non-hydrogen) atoms. The molecular formula is C43H54N8O8. The summed E-state index contributed by atoms with van der Waals surface area (Å²) in [4.78, 5) is 68.6. The van der Waals surface area contributed by atoms with Crippen LogP contribution in [0.1, 0.15) is 71.3 Å². The van der Waals surface area contributed by atoms with Crippen LogP contribution < -0.4 is 21.1 Å². The van der Waals surface area contributed by atoms with Gasteiger partial charge in [-0.05, 0) is 78.4 Å². The van der Waals surface area contributed by atoms with Crippen molar-refractivity contribution in [3.05, 3.63) is 53.9 Å². The number of hydrogen-bond acceptors (Lipinski definition) is 10. The standard InChI is InChI=1S/C43H54N8O8/c1-8-58-27-18-33(51(20-27)41(53)36(23(4)5)49-43(55)57-7)39-46-31-14-11-24-17-30-28-13-12-26(16-25(28)21-59-34(30)19-29(24)37(31)47-39)45-38(44)32-10-9-15-50(32)40(52)35(22(2)3)48-42(54)56-6/h11-14,16-17,19,22-23,27,32-33,35-36H,8-10,15,18,20-21H2,1-7H3,(H2,44,45)(H,46,47)(H,48,54)(H,49,55)/t27-,32-,33-,35-,36-/m0/s1. The fourth-order valence-electron chi connectivity index (χ4n) is 8.49. The third kappa shape index (κ3) is 8.22. The molecule has 5 N–H and O–H groups in total. The van der Waals surface area contributed by atoms with Gasteiger partial charge in [0.05, 0.1) is 49.1 Å². The lowest BCUT2D eigenvalue weighted by atomic mass is 9.94. The molecular weight excluding hydrogens is 757 g/mol. The van der Waals surface area contributed by atoms with E-state index in [9.17, 15) is 19.2 Å². The first kappa shape index (κ1) is 41.3. The zero-order valence-electron chi connectivity index (χ0n) is 34.7. The van der Waals surface area contributed by atoms with E-state index < -0.39 is 36.4 Å². The maximum atomic E-state index is 14.0. The second kappa shape index (κ2) is 17.1. The van der Waals surface area contributed by atoms with Crippen LogP contribution in [-0.2, 0) is 30.4 Å². The first-order chi connectivity index (χ1) is 28.3. The molecule has 0 saturated carbocycles. The molecule has 2 saturated heterocycles. The van der Waals surface area contributed by atoms with E-state index in [1.165, 1.54) is 14.2 Å². The highest BCUT2D eigenvalue weighted by atomic mass is 16.5. The van der Waals surface area contributed by atoms with Gasteiger partial charge in [-0.25, -0.2) is 19.6 Å². The molecule has 314 valence electrons. The largest absolute Gasteiger partial charge is 0.488 e. The number of alkyl carbamates (subject to hydrolysis) is 2. The van der Waals surface area contributed by atoms with Crippen molar-refractivity contribution in [2.24, 2.45) is 22.6 Å². The maximum Gasteiger partial charge on any atom is 0.407 e. The number of benzene rings is 3. The van der Waals surface area contributed by atoms with Gasteiger partial charge in [0.2, 0.25) is 11.8 Å². The number of aromatic nitrogens is 2. The van der Waals surface area contributed by atoms with E-state index in [1.54, 1.807) is 9.80 Å². The Hall–Kier alpha value is -5.90. The average Bonchev–Trinajstić information content (AvgIpc) is 3.99. The van der Waals surface area contributed by atoms with Crippen molar-refractivity contribution in [3.8, 4) is 16.9 Å². The summed E-state index contributed by atoms with van der Waals surface area (Å²) in [6.07, 6.45) is 0.485. The molecule has 3 aliphatic heterocycles. The number of rotatable bonds is 11. The number of methoxy groups -OCH3 is 2. The number of carbonyl (C=O) groups is 4. The molecule has 1 aromatic heterocycles. The first-order valence-electron chi connectivity index (χ1n) is 20.3. The Labute approximate surface area is 343 Å². The van der Waals surface area contributed by atoms with Gasteiger partial charge < -0.3 is 50.1 Å². The minimum atomic E-state index is -0.781. The van der Waals surface area contributed by atoms with Crippen LogP contribution in [0.3, 0.4) is 0 Å². The molecule has 16 heteroatoms. The summed E-state index contributed by atoms with van der Waals surface area (Å²) in [6, 6.07) is 11.7. The van der Waals surface area contributed by atoms with Crippen LogP contribution in [0.15, 0.2) is 47.5 Å². The second-order valence-corrected chi connectivity index (χ2v) is 16.0. The molecule has 16 nitrogen and oxygen atoms in total. The molecule has 0 spiro atoms. The minimum Gasteiger partial charge on any atom is -0.488 e. The van der Waals surface area contributed by atoms with E-state index >= 15 is 0 Å². The number of ether oxygens (including phenoxy) is 4. The number of fused-ring (bicyclic) bond motifs is 6. The topological polar surface area (TPSA) is 203 Å². The van der Waals surface area contributed by atoms with Gasteiger partial charge in [-0.3, -0.25) is 9.59 Å². The molecule has 4 aromatic rings. The number of aromatic amines is 1. The lowest BCUT2D eigenvalue weighted by Crippen LogP contribution is -2.54. The third-order valence-electron chi connectivity index (χ3n) is 11.5. The number of amides is 4. The number of nitrogens with zero attached hydrogens (tertiary/aromatic N) is 4. The van der Waals surface area contributed by atoms with Crippen LogP contribution in [0, 0.1) is 11.8 Å². The Morgan fingerprint density at radius 2 is 1.64 bits per heavy atom. The van der Waals surface area contributed by atoms with Gasteiger partial charge in [0.1, 0.15) is 36.1 Å². The van der Waals surface area contributed by atoms with Crippen LogP contribution in [0.4, 0.5) is 15.3 Å². The average molecular weight is 811 g/mol. The fourth-order valence-corrected chi connectivity index (χ4v) is 8.49. The normalized spacial score (nSPS) is 20.0. The SMILES string of the molecule is CCO[C@H]1C[C@@H](c2nc3c(ccc4cc5c(cc43)OCc3cc(N=C(N)[C@@H]4CCCN4C(=O)[C@@H](NC(=O)OC)C(C)C)ccc3-5)[nH]2)N(C(=O)[C@@H](NC(=O)OC)C(C)C)C1. The molecule has 0 aliphatic carbocycles. The summed E-state index contributed by atoms with van der Waals surface area (Å²) >= 11 is 0. The maximum absolute atomic E-state index is 14.0. The second-order valence-electron chi connectivity index (χ2n) is 16.0. The summed E-state index contributed by atoms with van der Waals surface area (Å²) in [7, 11) is 2.55. The van der Waals surface area contributed by atoms with Gasteiger partial charge in [-0.2, -0.15) is 0 Å². The lowest BCUT2D eigenvalue weighted by Gasteiger charge is -2.30. The summed E-state index contributed by atoms with van der Waals surface area (Å²) < 4.78 is 21.9. The number of hydrogen-bond donors (Lipinski definition) is 4. The molecule has 0 radical (unpaired) electrons. The molecule has 2 fully saturated rings. The summed E-state index contributed by atoms with van der Waals surface area (Å²) in [5.74, 6) is 0.930. The minimum absolute atomic E-state index is 0.152. The molecule has 4 heterocycles. The first-order valence-corrected chi connectivity index (χ1v) is 20.3. The van der Waals surface area contributed by atoms with Crippen LogP contribution in [0.25, 0.3) is 32.9 Å². The zero-order chi connectivity index (χ0) is 42.1. The highest BCUT2D eigenvalue weighted by molar-refractivity contribution is 6.07. The Bertz CT molecular complexity index is 2290. The fraction of sp³-hybridized carbons (Fsp3) is 0.488. The number of likely N-dealkylation sites (tertiary alicyclic amines) is 2. The van der Waals surface area contributed by atoms with Crippen LogP contribution >= 0.6 is 0 Å². The number of amidine groups is 1. The zero-order valence-corrected chi connectivity index (χ0v) is 34.7. The van der Waals surface area contributed by atoms with E-state index in [1.807, 2.05) is 71.0 Å². The highest BCUT2D eigenvalue weighted by Gasteiger charge is 2.42. The van der Waals surface area contributed by atoms with Crippen molar-refractivity contribution in [1.29, 1.82) is 0 Å². The number of nitrogens with two attached hydrogens (primary N) is 1. The Balaban J connectivity index is 1.15. The van der Waals surface area contributed by atoms with Crippen molar-refractivity contribution < 1.29 is 38.1 Å². The highest BCUT2D eigenvalue weighted by Crippen LogP contribution is 2.43. The van der Waals surface area contributed by atoms with E-state index in [4.69, 9.17) is 34.7 Å². The quantitative estimate of drug-likeness (QED) is 0.108. The van der Waals surface area contributed by atoms with E-state index in [0.29, 0.717) is 56.5 Å². The van der Waals surface area contributed by atoms with Gasteiger partial charge in [0.25, 0.3) is 0 Å². The van der Waals surface area contributed by atoms with Gasteiger partial charge in [-0.15, -0.1) is 0 Å². The number of carbonyl (C=O) groups excluding carboxylic acids is 4. The van der Waals surface area contributed by atoms with Gasteiger partial charge in [0, 0.05) is 37.1 Å². The number of H-pyrrole nitrogens is 1. The molecule has 0 bridgehead atoms. The Morgan fingerprint density at radius 3 is 2.31 bits per heavy atom. The van der Waals surface area contributed by atoms with E-state index in [0.717, 1.165) is 50.7 Å². The Morgan fingerprint density at radius 1 is 0.949 bits per heavy atom. The van der Waals surface area contributed by atoms with Gasteiger partial charge in [-0.1, -0.05) is 39.8 Å². The molecule has 0 unspecified atom stereocenters. The summed E-state index contributed by atoms with van der Waals surface area (Å²) in [6.45, 7) is 11.2. The summed E-state index contributed by atoms with van der Waals surface area (Å²) in [5.41, 5.74) is 11.7. The van der Waals surface area contributed by atoms with E-state index in [2.05, 4.69) is 21.7 Å². The monoisotopic (exact) mass is 810 g/mol. The van der Waals surface area contributed by atoms with Crippen molar-refractivity contribution in [3.63, 3.8) is 0 Å². The molecule has 4 amide bonds. The number of aliphatic imine (C=N–C) groups is 1. The molecule has 7 rings (SSSR count). The van der Waals surface area contributed by atoms with Crippen LogP contribution in [0.2, 0.25) is 0 Å². The van der Waals surface area contributed by atoms with Gasteiger partial charge >= 0.3 is 12.2 Å². The van der Waals surface area contributed by atoms with Crippen LogP contribution in [-0.4, -0.2) is 108 Å². The van der Waals surface area contributed by atoms with Crippen molar-refractivity contribution in [2.45, 2.75) is 90.8 Å². The molecule has 3 aromatic carbocycles. The van der Waals surface area contributed by atoms with Crippen molar-refractivity contribution in [1.82, 2.24) is 30.4 Å². The molecule has 5 atom stereocenters.